The van der Waals surface area contributed by atoms with Gasteiger partial charge >= 0.3 is 0 Å². The fourth-order valence-corrected chi connectivity index (χ4v) is 3.39. The van der Waals surface area contributed by atoms with Crippen LogP contribution in [0.2, 0.25) is 10.0 Å². The minimum atomic E-state index is -4.47. The second-order valence-corrected chi connectivity index (χ2v) is 7.77. The van der Waals surface area contributed by atoms with Crippen molar-refractivity contribution in [2.45, 2.75) is 11.5 Å². The van der Waals surface area contributed by atoms with Crippen molar-refractivity contribution in [1.82, 2.24) is 5.16 Å². The van der Waals surface area contributed by atoms with Crippen LogP contribution in [0.4, 0.5) is 8.78 Å². The van der Waals surface area contributed by atoms with Gasteiger partial charge in [0, 0.05) is 11.1 Å². The molecule has 0 radical (unpaired) electrons. The van der Waals surface area contributed by atoms with Crippen molar-refractivity contribution in [1.29, 1.82) is 0 Å². The zero-order valence-corrected chi connectivity index (χ0v) is 15.5. The fourth-order valence-electron chi connectivity index (χ4n) is 2.49. The molecule has 0 saturated carbocycles. The fraction of sp³-hybridized carbons (Fsp3) is 0.0625. The van der Waals surface area contributed by atoms with E-state index in [0.717, 1.165) is 0 Å². The van der Waals surface area contributed by atoms with Gasteiger partial charge in [0.2, 0.25) is 10.0 Å². The smallest absolute Gasteiger partial charge is 0.241 e. The van der Waals surface area contributed by atoms with Crippen molar-refractivity contribution in [3.8, 4) is 22.4 Å². The monoisotopic (exact) mass is 434 g/mol. The first-order chi connectivity index (χ1) is 12.6. The predicted octanol–water partition coefficient (Wildman–Crippen LogP) is 3.73. The average Bonchev–Trinajstić information content (AvgIpc) is 3.01. The van der Waals surface area contributed by atoms with Crippen LogP contribution in [0, 0.1) is 11.6 Å². The molecule has 0 amide bonds. The Morgan fingerprint density at radius 3 is 2.41 bits per heavy atom. The molecule has 1 aromatic heterocycles. The number of primary sulfonamides is 1. The topological polar surface area (TPSA) is 106 Å². The number of nitrogens with zero attached hydrogens (tertiary/aromatic N) is 1. The Balaban J connectivity index is 2.27. The maximum Gasteiger partial charge on any atom is 0.241 e. The van der Waals surface area contributed by atoms with E-state index in [0.29, 0.717) is 17.7 Å². The van der Waals surface area contributed by atoms with Gasteiger partial charge in [0.15, 0.2) is 5.76 Å². The van der Waals surface area contributed by atoms with E-state index in [1.807, 2.05) is 0 Å². The lowest BCUT2D eigenvalue weighted by atomic mass is 9.98. The van der Waals surface area contributed by atoms with E-state index < -0.39 is 33.2 Å². The SMILES string of the molecule is NS(=O)(=O)c1cc(F)c(-c2c(-c3ccc(Cl)c(Cl)c3)noc2CO)cc1F. The first-order valence-electron chi connectivity index (χ1n) is 7.20. The number of rotatable bonds is 4. The Hall–Kier alpha value is -2.04. The second kappa shape index (κ2) is 7.17. The number of nitrogens with two attached hydrogens (primary N) is 1. The third-order valence-electron chi connectivity index (χ3n) is 3.70. The molecule has 0 atom stereocenters. The zero-order chi connectivity index (χ0) is 19.9. The van der Waals surface area contributed by atoms with Crippen molar-refractivity contribution < 1.29 is 26.8 Å². The lowest BCUT2D eigenvalue weighted by molar-refractivity contribution is 0.230. The summed E-state index contributed by atoms with van der Waals surface area (Å²) in [6.07, 6.45) is 0. The Bertz CT molecular complexity index is 1150. The van der Waals surface area contributed by atoms with Crippen LogP contribution in [0.15, 0.2) is 39.8 Å². The van der Waals surface area contributed by atoms with Crippen molar-refractivity contribution in [2.75, 3.05) is 0 Å². The van der Waals surface area contributed by atoms with Gasteiger partial charge < -0.3 is 9.63 Å². The summed E-state index contributed by atoms with van der Waals surface area (Å²) < 4.78 is 56.5. The molecule has 0 saturated heterocycles. The Morgan fingerprint density at radius 1 is 1.11 bits per heavy atom. The van der Waals surface area contributed by atoms with Gasteiger partial charge in [-0.1, -0.05) is 34.4 Å². The van der Waals surface area contributed by atoms with Crippen LogP contribution in [0.25, 0.3) is 22.4 Å². The first-order valence-corrected chi connectivity index (χ1v) is 9.50. The zero-order valence-electron chi connectivity index (χ0n) is 13.2. The summed E-state index contributed by atoms with van der Waals surface area (Å²) in [6, 6.07) is 5.51. The third-order valence-corrected chi connectivity index (χ3v) is 5.36. The van der Waals surface area contributed by atoms with Crippen LogP contribution in [0.3, 0.4) is 0 Å². The van der Waals surface area contributed by atoms with E-state index >= 15 is 0 Å². The van der Waals surface area contributed by atoms with Crippen LogP contribution in [0.5, 0.6) is 0 Å². The Kier molecular flexibility index (Phi) is 5.24. The molecule has 11 heteroatoms. The van der Waals surface area contributed by atoms with E-state index in [9.17, 15) is 22.3 Å². The normalized spacial score (nSPS) is 11.8. The molecule has 3 rings (SSSR count). The highest BCUT2D eigenvalue weighted by Crippen LogP contribution is 2.39. The van der Waals surface area contributed by atoms with E-state index in [4.69, 9.17) is 32.9 Å². The summed E-state index contributed by atoms with van der Waals surface area (Å²) in [5.41, 5.74) is -0.0167. The average molecular weight is 435 g/mol. The molecule has 1 heterocycles. The second-order valence-electron chi connectivity index (χ2n) is 5.42. The molecule has 0 unspecified atom stereocenters. The largest absolute Gasteiger partial charge is 0.388 e. The van der Waals surface area contributed by atoms with Crippen molar-refractivity contribution in [3.63, 3.8) is 0 Å². The summed E-state index contributed by atoms with van der Waals surface area (Å²) in [5, 5.41) is 18.6. The quantitative estimate of drug-likeness (QED) is 0.650. The molecule has 0 aliphatic heterocycles. The molecule has 0 fully saturated rings. The molecule has 27 heavy (non-hydrogen) atoms. The number of halogens is 4. The highest BCUT2D eigenvalue weighted by Gasteiger charge is 2.25. The summed E-state index contributed by atoms with van der Waals surface area (Å²) in [7, 11) is -4.47. The van der Waals surface area contributed by atoms with E-state index in [-0.39, 0.29) is 32.6 Å². The van der Waals surface area contributed by atoms with Gasteiger partial charge in [-0.3, -0.25) is 0 Å². The molecule has 0 aliphatic carbocycles. The van der Waals surface area contributed by atoms with Crippen LogP contribution < -0.4 is 5.14 Å². The lowest BCUT2D eigenvalue weighted by Gasteiger charge is -2.09. The standard InChI is InChI=1S/C16H10Cl2F2N2O4S/c17-9-2-1-7(3-10(9)18)16-15(13(6-23)26-22-16)8-4-12(20)14(5-11(8)19)27(21,24)25/h1-5,23H,6H2,(H2,21,24,25). The molecule has 0 aliphatic rings. The molecule has 0 spiro atoms. The van der Waals surface area contributed by atoms with Crippen molar-refractivity contribution in [3.05, 3.63) is 57.8 Å². The summed E-state index contributed by atoms with van der Waals surface area (Å²) in [5.74, 6) is -2.52. The minimum Gasteiger partial charge on any atom is -0.388 e. The van der Waals surface area contributed by atoms with E-state index in [1.165, 1.54) is 18.2 Å². The number of sulfonamides is 1. The summed E-state index contributed by atoms with van der Waals surface area (Å²) in [4.78, 5) is -0.998. The predicted molar refractivity (Wildman–Crippen MR) is 94.6 cm³/mol. The molecule has 0 bridgehead atoms. The van der Waals surface area contributed by atoms with Crippen LogP contribution >= 0.6 is 23.2 Å². The van der Waals surface area contributed by atoms with Gasteiger partial charge in [-0.25, -0.2) is 22.3 Å². The van der Waals surface area contributed by atoms with Gasteiger partial charge in [0.1, 0.15) is 28.8 Å². The van der Waals surface area contributed by atoms with Crippen LogP contribution in [-0.2, 0) is 16.6 Å². The summed E-state index contributed by atoms with van der Waals surface area (Å²) >= 11 is 11.8. The molecule has 142 valence electrons. The first kappa shape index (κ1) is 19.7. The van der Waals surface area contributed by atoms with Gasteiger partial charge in [0.05, 0.1) is 15.6 Å². The van der Waals surface area contributed by atoms with E-state index in [2.05, 4.69) is 5.16 Å². The number of hydrogen-bond donors (Lipinski definition) is 2. The Labute approximate surface area is 162 Å². The number of aromatic nitrogens is 1. The van der Waals surface area contributed by atoms with Crippen LogP contribution in [0.1, 0.15) is 5.76 Å². The molecule has 6 nitrogen and oxygen atoms in total. The highest BCUT2D eigenvalue weighted by molar-refractivity contribution is 7.89. The molecular weight excluding hydrogens is 425 g/mol. The van der Waals surface area contributed by atoms with Gasteiger partial charge in [-0.2, -0.15) is 0 Å². The Morgan fingerprint density at radius 2 is 1.81 bits per heavy atom. The third kappa shape index (κ3) is 3.69. The number of benzene rings is 2. The van der Waals surface area contributed by atoms with E-state index in [1.54, 1.807) is 0 Å². The lowest BCUT2D eigenvalue weighted by Crippen LogP contribution is -2.14. The maximum absolute atomic E-state index is 14.6. The summed E-state index contributed by atoms with van der Waals surface area (Å²) in [6.45, 7) is -0.665. The molecular formula is C16H10Cl2F2N2O4S. The van der Waals surface area contributed by atoms with Crippen LogP contribution in [-0.4, -0.2) is 18.7 Å². The highest BCUT2D eigenvalue weighted by atomic mass is 35.5. The number of hydrogen-bond acceptors (Lipinski definition) is 5. The van der Waals surface area contributed by atoms with Gasteiger partial charge in [-0.15, -0.1) is 0 Å². The molecule has 2 aromatic carbocycles. The number of aliphatic hydroxyl groups is 1. The van der Waals surface area contributed by atoms with Gasteiger partial charge in [-0.05, 0) is 24.3 Å². The van der Waals surface area contributed by atoms with Crippen molar-refractivity contribution in [2.24, 2.45) is 5.14 Å². The molecule has 3 N–H and O–H groups in total. The van der Waals surface area contributed by atoms with Crippen molar-refractivity contribution >= 4 is 33.2 Å². The minimum absolute atomic E-state index is 0.0549. The number of aliphatic hydroxyl groups excluding tert-OH is 1. The molecule has 3 aromatic rings. The maximum atomic E-state index is 14.6. The van der Waals surface area contributed by atoms with Gasteiger partial charge in [0.25, 0.3) is 0 Å².